The highest BCUT2D eigenvalue weighted by molar-refractivity contribution is 5.94. The van der Waals surface area contributed by atoms with E-state index < -0.39 is 5.97 Å². The predicted octanol–water partition coefficient (Wildman–Crippen LogP) is 3.79. The number of allylic oxidation sites excluding steroid dienone is 2. The van der Waals surface area contributed by atoms with Gasteiger partial charge in [-0.1, -0.05) is 37.6 Å². The highest BCUT2D eigenvalue weighted by Gasteiger charge is 2.23. The predicted molar refractivity (Wildman–Crippen MR) is 126 cm³/mol. The molecule has 32 heavy (non-hydrogen) atoms. The molecule has 1 amide bonds. The lowest BCUT2D eigenvalue weighted by atomic mass is 9.91. The van der Waals surface area contributed by atoms with E-state index in [1.807, 2.05) is 41.4 Å². The van der Waals surface area contributed by atoms with E-state index in [0.717, 1.165) is 50.8 Å². The van der Waals surface area contributed by atoms with Crippen molar-refractivity contribution in [2.24, 2.45) is 15.9 Å². The van der Waals surface area contributed by atoms with E-state index in [2.05, 4.69) is 27.2 Å². The molecule has 1 saturated heterocycles. The zero-order valence-corrected chi connectivity index (χ0v) is 18.6. The lowest BCUT2D eigenvalue weighted by Crippen LogP contribution is -2.38. The average Bonchev–Trinajstić information content (AvgIpc) is 2.82. The lowest BCUT2D eigenvalue weighted by Gasteiger charge is -2.32. The Morgan fingerprint density at radius 3 is 2.66 bits per heavy atom. The summed E-state index contributed by atoms with van der Waals surface area (Å²) in [4.78, 5) is 22.2. The fourth-order valence-electron chi connectivity index (χ4n) is 3.52. The van der Waals surface area contributed by atoms with Gasteiger partial charge in [-0.3, -0.25) is 20.1 Å². The Morgan fingerprint density at radius 1 is 1.28 bits per heavy atom. The SMILES string of the molecule is C=C(/C=C\C(F)=NC)NC(=NCCCCC1CCN(C(=O)c2ccccc2)CC1)NC#N. The maximum Gasteiger partial charge on any atom is 0.253 e. The molecule has 0 bridgehead atoms. The number of hydrogen-bond donors (Lipinski definition) is 2. The number of likely N-dealkylation sites (tertiary alicyclic amines) is 1. The van der Waals surface area contributed by atoms with E-state index in [1.165, 1.54) is 19.2 Å². The van der Waals surface area contributed by atoms with Crippen molar-refractivity contribution in [3.8, 4) is 6.19 Å². The summed E-state index contributed by atoms with van der Waals surface area (Å²) in [6.07, 6.45) is 9.49. The zero-order valence-electron chi connectivity index (χ0n) is 18.6. The number of rotatable bonds is 9. The van der Waals surface area contributed by atoms with Crippen molar-refractivity contribution >= 4 is 17.8 Å². The zero-order chi connectivity index (χ0) is 23.2. The number of guanidine groups is 1. The van der Waals surface area contributed by atoms with Crippen LogP contribution in [0.1, 0.15) is 42.5 Å². The molecular formula is C24H31FN6O. The standard InChI is InChI=1S/C24H31FN6O/c1-19(11-12-22(25)27-2)30-24(29-18-26)28-15-7-6-8-20-13-16-31(17-14-20)23(32)21-9-4-3-5-10-21/h3-5,9-12,20H,1,6-8,13-17H2,2H3,(H2,28,29,30)/b12-11-,27-22?. The normalized spacial score (nSPS) is 15.5. The Balaban J connectivity index is 1.68. The van der Waals surface area contributed by atoms with Crippen LogP contribution in [0.4, 0.5) is 4.39 Å². The summed E-state index contributed by atoms with van der Waals surface area (Å²) in [5.74, 6) is 0.400. The highest BCUT2D eigenvalue weighted by Crippen LogP contribution is 2.23. The molecule has 0 atom stereocenters. The summed E-state index contributed by atoms with van der Waals surface area (Å²) in [5, 5.41) is 14.2. The van der Waals surface area contributed by atoms with Gasteiger partial charge in [0.05, 0.1) is 0 Å². The van der Waals surface area contributed by atoms with E-state index >= 15 is 0 Å². The fraction of sp³-hybridized carbons (Fsp3) is 0.417. The summed E-state index contributed by atoms with van der Waals surface area (Å²) in [6.45, 7) is 5.91. The number of unbranched alkanes of at least 4 members (excludes halogenated alkanes) is 1. The van der Waals surface area contributed by atoms with Gasteiger partial charge in [0, 0.05) is 37.9 Å². The van der Waals surface area contributed by atoms with E-state index in [9.17, 15) is 9.18 Å². The van der Waals surface area contributed by atoms with Gasteiger partial charge in [0.1, 0.15) is 0 Å². The van der Waals surface area contributed by atoms with E-state index in [0.29, 0.717) is 18.2 Å². The molecule has 1 aromatic carbocycles. The van der Waals surface area contributed by atoms with Gasteiger partial charge in [0.25, 0.3) is 5.91 Å². The molecule has 1 aliphatic heterocycles. The smallest absolute Gasteiger partial charge is 0.253 e. The van der Waals surface area contributed by atoms with E-state index in [1.54, 1.807) is 0 Å². The Kier molecular flexibility index (Phi) is 10.7. The maximum atomic E-state index is 13.0. The third kappa shape index (κ3) is 8.72. The molecule has 8 heteroatoms. The number of piperidine rings is 1. The molecule has 0 spiro atoms. The van der Waals surface area contributed by atoms with Crippen LogP contribution < -0.4 is 10.6 Å². The molecule has 1 heterocycles. The summed E-state index contributed by atoms with van der Waals surface area (Å²) < 4.78 is 13.0. The van der Waals surface area contributed by atoms with Gasteiger partial charge in [-0.2, -0.15) is 9.65 Å². The molecule has 0 unspecified atom stereocenters. The number of carbonyl (C=O) groups excluding carboxylic acids is 1. The van der Waals surface area contributed by atoms with Crippen LogP contribution in [0.25, 0.3) is 0 Å². The van der Waals surface area contributed by atoms with Crippen molar-refractivity contribution in [1.82, 2.24) is 15.5 Å². The first kappa shape index (κ1) is 24.8. The van der Waals surface area contributed by atoms with Crippen molar-refractivity contribution in [1.29, 1.82) is 5.26 Å². The summed E-state index contributed by atoms with van der Waals surface area (Å²) in [6, 6.07) is 9.43. The highest BCUT2D eigenvalue weighted by atomic mass is 19.1. The van der Waals surface area contributed by atoms with Crippen LogP contribution in [-0.4, -0.2) is 49.4 Å². The van der Waals surface area contributed by atoms with Gasteiger partial charge in [0.15, 0.2) is 6.19 Å². The average molecular weight is 439 g/mol. The lowest BCUT2D eigenvalue weighted by molar-refractivity contribution is 0.0686. The molecule has 7 nitrogen and oxygen atoms in total. The fourth-order valence-corrected chi connectivity index (χ4v) is 3.52. The molecule has 1 aromatic rings. The molecule has 2 N–H and O–H groups in total. The number of halogens is 1. The topological polar surface area (TPSA) is 92.9 Å². The number of nitriles is 1. The van der Waals surface area contributed by atoms with Crippen molar-refractivity contribution in [2.75, 3.05) is 26.7 Å². The first-order valence-electron chi connectivity index (χ1n) is 10.8. The van der Waals surface area contributed by atoms with Gasteiger partial charge in [-0.25, -0.2) is 0 Å². The quantitative estimate of drug-likeness (QED) is 0.153. The van der Waals surface area contributed by atoms with Gasteiger partial charge in [0.2, 0.25) is 11.9 Å². The Bertz CT molecular complexity index is 880. The van der Waals surface area contributed by atoms with E-state index in [4.69, 9.17) is 5.26 Å². The monoisotopic (exact) mass is 438 g/mol. The Morgan fingerprint density at radius 2 is 2.00 bits per heavy atom. The Hall–Kier alpha value is -3.47. The summed E-state index contributed by atoms with van der Waals surface area (Å²) >= 11 is 0. The maximum absolute atomic E-state index is 13.0. The largest absolute Gasteiger partial charge is 0.339 e. The van der Waals surface area contributed by atoms with Crippen LogP contribution in [0.2, 0.25) is 0 Å². The van der Waals surface area contributed by atoms with Crippen molar-refractivity contribution in [2.45, 2.75) is 32.1 Å². The van der Waals surface area contributed by atoms with Crippen LogP contribution in [0.3, 0.4) is 0 Å². The second-order valence-corrected chi connectivity index (χ2v) is 7.59. The first-order chi connectivity index (χ1) is 15.5. The Labute approximate surface area is 189 Å². The summed E-state index contributed by atoms with van der Waals surface area (Å²) in [5.41, 5.74) is 1.14. The number of amides is 1. The number of hydrogen-bond acceptors (Lipinski definition) is 4. The minimum absolute atomic E-state index is 0.115. The minimum atomic E-state index is -0.616. The van der Waals surface area contributed by atoms with Crippen molar-refractivity contribution < 1.29 is 9.18 Å². The minimum Gasteiger partial charge on any atom is -0.339 e. The van der Waals surface area contributed by atoms with Crippen LogP contribution >= 0.6 is 0 Å². The third-order valence-electron chi connectivity index (χ3n) is 5.30. The van der Waals surface area contributed by atoms with Gasteiger partial charge < -0.3 is 10.2 Å². The molecule has 0 saturated carbocycles. The van der Waals surface area contributed by atoms with Crippen molar-refractivity contribution in [3.05, 3.63) is 60.3 Å². The molecule has 0 aliphatic carbocycles. The molecule has 0 aromatic heterocycles. The van der Waals surface area contributed by atoms with Crippen LogP contribution in [0, 0.1) is 17.4 Å². The molecule has 1 aliphatic rings. The van der Waals surface area contributed by atoms with Gasteiger partial charge >= 0.3 is 0 Å². The second kappa shape index (κ2) is 13.8. The van der Waals surface area contributed by atoms with E-state index in [-0.39, 0.29) is 11.9 Å². The second-order valence-electron chi connectivity index (χ2n) is 7.59. The van der Waals surface area contributed by atoms with Crippen LogP contribution in [0.5, 0.6) is 0 Å². The molecule has 0 radical (unpaired) electrons. The summed E-state index contributed by atoms with van der Waals surface area (Å²) in [7, 11) is 1.35. The third-order valence-corrected chi connectivity index (χ3v) is 5.30. The first-order valence-corrected chi connectivity index (χ1v) is 10.8. The number of nitrogens with zero attached hydrogens (tertiary/aromatic N) is 4. The molecule has 2 rings (SSSR count). The number of nitrogens with one attached hydrogen (secondary N) is 2. The number of carbonyl (C=O) groups is 1. The van der Waals surface area contributed by atoms with Crippen LogP contribution in [-0.2, 0) is 0 Å². The molecule has 170 valence electrons. The van der Waals surface area contributed by atoms with Crippen LogP contribution in [0.15, 0.2) is 64.7 Å². The number of benzene rings is 1. The molecule has 1 fully saturated rings. The van der Waals surface area contributed by atoms with Gasteiger partial charge in [-0.15, -0.1) is 0 Å². The molecular weight excluding hydrogens is 407 g/mol. The number of aliphatic imine (C=N–C) groups is 2. The van der Waals surface area contributed by atoms with Crippen molar-refractivity contribution in [3.63, 3.8) is 0 Å². The van der Waals surface area contributed by atoms with Gasteiger partial charge in [-0.05, 0) is 49.5 Å².